The second kappa shape index (κ2) is 14.9. The molecule has 0 aliphatic heterocycles. The van der Waals surface area contributed by atoms with Crippen LogP contribution in [0, 0.1) is 34.0 Å². The molecule has 8 rings (SSSR count). The molecule has 0 heterocycles. The molecular formula is C52H38N2. The quantitative estimate of drug-likeness (QED) is 0.143. The first-order valence-electron chi connectivity index (χ1n) is 18.4. The van der Waals surface area contributed by atoms with Crippen LogP contribution in [0.2, 0.25) is 0 Å². The summed E-state index contributed by atoms with van der Waals surface area (Å²) < 4.78 is 0. The Morgan fingerprint density at radius 2 is 0.796 bits per heavy atom. The monoisotopic (exact) mass is 690 g/mol. The Morgan fingerprint density at radius 1 is 0.444 bits per heavy atom. The maximum absolute atomic E-state index is 9.91. The zero-order valence-electron chi connectivity index (χ0n) is 29.9. The predicted molar refractivity (Wildman–Crippen MR) is 219 cm³/mol. The molecule has 256 valence electrons. The molecule has 2 atom stereocenters. The molecule has 0 aromatic heterocycles. The van der Waals surface area contributed by atoms with Gasteiger partial charge in [0.2, 0.25) is 0 Å². The normalized spacial score (nSPS) is 16.6. The lowest BCUT2D eigenvalue weighted by Gasteiger charge is -2.27. The lowest BCUT2D eigenvalue weighted by molar-refractivity contribution is 0.550. The van der Waals surface area contributed by atoms with Crippen molar-refractivity contribution in [3.05, 3.63) is 262 Å². The fourth-order valence-electron chi connectivity index (χ4n) is 8.57. The first kappa shape index (κ1) is 34.1. The van der Waals surface area contributed by atoms with E-state index >= 15 is 0 Å². The van der Waals surface area contributed by atoms with Gasteiger partial charge in [0.05, 0.1) is 23.3 Å². The van der Waals surface area contributed by atoms with Crippen LogP contribution in [-0.2, 0) is 11.8 Å². The number of hydrogen-bond acceptors (Lipinski definition) is 2. The molecule has 0 spiro atoms. The van der Waals surface area contributed by atoms with Crippen molar-refractivity contribution in [3.8, 4) is 12.1 Å². The van der Waals surface area contributed by atoms with Crippen molar-refractivity contribution in [2.75, 3.05) is 0 Å². The van der Waals surface area contributed by atoms with E-state index in [0.29, 0.717) is 11.1 Å². The second-order valence-corrected chi connectivity index (χ2v) is 14.0. The molecule has 1 saturated carbocycles. The van der Waals surface area contributed by atoms with Crippen LogP contribution in [0.1, 0.15) is 50.1 Å². The maximum atomic E-state index is 9.91. The molecule has 0 amide bonds. The van der Waals surface area contributed by atoms with E-state index in [9.17, 15) is 10.5 Å². The molecule has 0 saturated heterocycles. The smallest absolute Gasteiger partial charge is 0.0991 e. The molecule has 0 N–H and O–H groups in total. The SMILES string of the molecule is N#Cc1ccc(C2(c3ccc(C#N)cc3)C(C=C(c3ccccc3)c3ccccc3)[C@@]2(C=C(c2ccccc2)c2ccccc2)Cc2ccccc2)cc1. The van der Waals surface area contributed by atoms with Gasteiger partial charge < -0.3 is 0 Å². The summed E-state index contributed by atoms with van der Waals surface area (Å²) in [6.45, 7) is 0. The molecule has 0 bridgehead atoms. The summed E-state index contributed by atoms with van der Waals surface area (Å²) in [4.78, 5) is 0. The van der Waals surface area contributed by atoms with Crippen molar-refractivity contribution in [2.24, 2.45) is 11.3 Å². The van der Waals surface area contributed by atoms with E-state index in [4.69, 9.17) is 0 Å². The summed E-state index contributed by atoms with van der Waals surface area (Å²) in [5.41, 5.74) is 10.5. The Balaban J connectivity index is 1.52. The van der Waals surface area contributed by atoms with Crippen molar-refractivity contribution >= 4 is 11.1 Å². The van der Waals surface area contributed by atoms with Crippen LogP contribution in [0.15, 0.2) is 212 Å². The minimum absolute atomic E-state index is 0.0519. The lowest BCUT2D eigenvalue weighted by Crippen LogP contribution is -2.22. The van der Waals surface area contributed by atoms with Crippen molar-refractivity contribution < 1.29 is 0 Å². The average molecular weight is 691 g/mol. The minimum Gasteiger partial charge on any atom is -0.192 e. The van der Waals surface area contributed by atoms with Crippen molar-refractivity contribution in [2.45, 2.75) is 11.8 Å². The van der Waals surface area contributed by atoms with E-state index in [1.54, 1.807) is 0 Å². The van der Waals surface area contributed by atoms with E-state index in [2.05, 4.69) is 200 Å². The average Bonchev–Trinajstić information content (AvgIpc) is 3.82. The lowest BCUT2D eigenvalue weighted by atomic mass is 9.75. The summed E-state index contributed by atoms with van der Waals surface area (Å²) in [5.74, 6) is -0.0519. The molecule has 7 aromatic rings. The second-order valence-electron chi connectivity index (χ2n) is 14.0. The number of benzene rings is 7. The fraction of sp³-hybridized carbons (Fsp3) is 0.0769. The van der Waals surface area contributed by atoms with Gasteiger partial charge in [-0.25, -0.2) is 0 Å². The first-order valence-corrected chi connectivity index (χ1v) is 18.4. The summed E-state index contributed by atoms with van der Waals surface area (Å²) in [7, 11) is 0. The van der Waals surface area contributed by atoms with Gasteiger partial charge in [-0.3, -0.25) is 0 Å². The Bertz CT molecular complexity index is 2350. The van der Waals surface area contributed by atoms with Crippen LogP contribution >= 0.6 is 0 Å². The number of nitriles is 2. The van der Waals surface area contributed by atoms with Crippen LogP contribution in [0.5, 0.6) is 0 Å². The summed E-state index contributed by atoms with van der Waals surface area (Å²) in [6, 6.07) is 74.6. The third-order valence-corrected chi connectivity index (χ3v) is 11.0. The fourth-order valence-corrected chi connectivity index (χ4v) is 8.57. The predicted octanol–water partition coefficient (Wildman–Crippen LogP) is 11.8. The van der Waals surface area contributed by atoms with Gasteiger partial charge in [-0.1, -0.05) is 188 Å². The zero-order chi connectivity index (χ0) is 36.8. The molecule has 0 radical (unpaired) electrons. The molecule has 1 fully saturated rings. The van der Waals surface area contributed by atoms with E-state index in [1.807, 2.05) is 24.3 Å². The number of nitrogens with zero attached hydrogens (tertiary/aromatic N) is 2. The van der Waals surface area contributed by atoms with Gasteiger partial charge in [-0.2, -0.15) is 10.5 Å². The highest BCUT2D eigenvalue weighted by Gasteiger charge is 2.75. The molecule has 1 unspecified atom stereocenters. The molecule has 54 heavy (non-hydrogen) atoms. The number of rotatable bonds is 10. The standard InChI is InChI=1S/C52H38N2/c53-37-40-26-30-46(31-27-40)52(47-32-28-41(38-54)29-33-47)50(34-48(42-18-8-2-9-19-42)43-20-10-3-11-21-43)51(52,35-39-16-6-1-7-17-39)36-49(44-22-12-4-13-23-44)45-24-14-5-15-25-45/h1-34,36,50H,35H2/t50?,51-/m0/s1. The summed E-state index contributed by atoms with van der Waals surface area (Å²) in [6.07, 6.45) is 5.80. The van der Waals surface area contributed by atoms with Crippen LogP contribution in [0.25, 0.3) is 11.1 Å². The minimum atomic E-state index is -0.589. The van der Waals surface area contributed by atoms with E-state index in [-0.39, 0.29) is 5.92 Å². The number of allylic oxidation sites excluding steroid dienone is 2. The topological polar surface area (TPSA) is 47.6 Å². The van der Waals surface area contributed by atoms with Crippen molar-refractivity contribution in [1.29, 1.82) is 10.5 Å². The molecule has 2 heteroatoms. The van der Waals surface area contributed by atoms with Crippen molar-refractivity contribution in [1.82, 2.24) is 0 Å². The Morgan fingerprint density at radius 3 is 1.17 bits per heavy atom. The van der Waals surface area contributed by atoms with Gasteiger partial charge in [-0.05, 0) is 80.8 Å². The summed E-state index contributed by atoms with van der Waals surface area (Å²) in [5, 5.41) is 19.8. The van der Waals surface area contributed by atoms with E-state index < -0.39 is 10.8 Å². The van der Waals surface area contributed by atoms with E-state index in [1.165, 1.54) is 5.56 Å². The van der Waals surface area contributed by atoms with Crippen LogP contribution in [0.3, 0.4) is 0 Å². The van der Waals surface area contributed by atoms with Gasteiger partial charge in [-0.15, -0.1) is 0 Å². The Labute approximate surface area is 318 Å². The highest BCUT2D eigenvalue weighted by atomic mass is 14.8. The van der Waals surface area contributed by atoms with Crippen LogP contribution in [-0.4, -0.2) is 0 Å². The first-order chi connectivity index (χ1) is 26.7. The highest BCUT2D eigenvalue weighted by Crippen LogP contribution is 2.76. The number of hydrogen-bond donors (Lipinski definition) is 0. The van der Waals surface area contributed by atoms with Gasteiger partial charge in [0.15, 0.2) is 0 Å². The van der Waals surface area contributed by atoms with Gasteiger partial charge in [0.1, 0.15) is 0 Å². The molecule has 7 aromatic carbocycles. The molecule has 1 aliphatic carbocycles. The maximum Gasteiger partial charge on any atom is 0.0991 e. The highest BCUT2D eigenvalue weighted by molar-refractivity contribution is 5.84. The van der Waals surface area contributed by atoms with Gasteiger partial charge in [0.25, 0.3) is 0 Å². The third kappa shape index (κ3) is 6.26. The van der Waals surface area contributed by atoms with Crippen LogP contribution in [0.4, 0.5) is 0 Å². The molecular weight excluding hydrogens is 653 g/mol. The van der Waals surface area contributed by atoms with Gasteiger partial charge in [0, 0.05) is 16.7 Å². The van der Waals surface area contributed by atoms with E-state index in [0.717, 1.165) is 50.9 Å². The Kier molecular flexibility index (Phi) is 9.43. The summed E-state index contributed by atoms with van der Waals surface area (Å²) >= 11 is 0. The molecule has 2 nitrogen and oxygen atoms in total. The van der Waals surface area contributed by atoms with Crippen LogP contribution < -0.4 is 0 Å². The largest absolute Gasteiger partial charge is 0.192 e. The molecule has 1 aliphatic rings. The third-order valence-electron chi connectivity index (χ3n) is 11.0. The van der Waals surface area contributed by atoms with Crippen molar-refractivity contribution in [3.63, 3.8) is 0 Å². The van der Waals surface area contributed by atoms with Gasteiger partial charge >= 0.3 is 0 Å². The Hall–Kier alpha value is -7.00. The zero-order valence-corrected chi connectivity index (χ0v) is 29.9.